The largest absolute Gasteiger partial charge is 0.103 e. The average molecular weight is 321 g/mol. The lowest BCUT2D eigenvalue weighted by atomic mass is 9.75. The van der Waals surface area contributed by atoms with Crippen molar-refractivity contribution in [1.82, 2.24) is 0 Å². The first-order valence-electron chi connectivity index (χ1n) is 10.7. The Balaban J connectivity index is 2.35. The van der Waals surface area contributed by atoms with Crippen LogP contribution in [0.25, 0.3) is 0 Å². The van der Waals surface area contributed by atoms with Crippen LogP contribution in [0.3, 0.4) is 0 Å². The van der Waals surface area contributed by atoms with Crippen molar-refractivity contribution in [2.45, 2.75) is 105 Å². The Hall–Kier alpha value is -0.260. The molecule has 5 atom stereocenters. The summed E-state index contributed by atoms with van der Waals surface area (Å²) >= 11 is 0. The van der Waals surface area contributed by atoms with Crippen LogP contribution in [0.1, 0.15) is 105 Å². The Morgan fingerprint density at radius 1 is 1.09 bits per heavy atom. The minimum atomic E-state index is 0.398. The lowest BCUT2D eigenvalue weighted by molar-refractivity contribution is 0.238. The molecule has 0 bridgehead atoms. The Kier molecular flexibility index (Phi) is 9.55. The Labute approximate surface area is 147 Å². The molecule has 5 unspecified atom stereocenters. The molecule has 0 aromatic rings. The first-order chi connectivity index (χ1) is 11.0. The molecule has 0 spiro atoms. The summed E-state index contributed by atoms with van der Waals surface area (Å²) in [4.78, 5) is 0. The van der Waals surface area contributed by atoms with Gasteiger partial charge >= 0.3 is 0 Å². The van der Waals surface area contributed by atoms with Gasteiger partial charge in [0.2, 0.25) is 0 Å². The number of rotatable bonds is 14. The third-order valence-electron chi connectivity index (χ3n) is 6.94. The minimum Gasteiger partial charge on any atom is -0.103 e. The highest BCUT2D eigenvalue weighted by molar-refractivity contribution is 5.06. The lowest BCUT2D eigenvalue weighted by Gasteiger charge is -2.30. The maximum absolute atomic E-state index is 4.22. The molecule has 0 aromatic carbocycles. The van der Waals surface area contributed by atoms with E-state index >= 15 is 0 Å². The third-order valence-corrected chi connectivity index (χ3v) is 6.94. The highest BCUT2D eigenvalue weighted by Gasteiger charge is 2.47. The van der Waals surface area contributed by atoms with E-state index in [4.69, 9.17) is 0 Å². The van der Waals surface area contributed by atoms with Crippen molar-refractivity contribution >= 4 is 0 Å². The van der Waals surface area contributed by atoms with Crippen molar-refractivity contribution in [2.75, 3.05) is 0 Å². The molecule has 0 heterocycles. The molecule has 0 heteroatoms. The zero-order chi connectivity index (χ0) is 17.3. The molecule has 0 saturated heterocycles. The predicted molar refractivity (Wildman–Crippen MR) is 106 cm³/mol. The van der Waals surface area contributed by atoms with Crippen LogP contribution < -0.4 is 0 Å². The second kappa shape index (κ2) is 10.6. The fourth-order valence-corrected chi connectivity index (χ4v) is 4.54. The van der Waals surface area contributed by atoms with E-state index in [1.54, 1.807) is 0 Å². The van der Waals surface area contributed by atoms with Crippen LogP contribution in [-0.4, -0.2) is 0 Å². The first kappa shape index (κ1) is 20.8. The molecule has 23 heavy (non-hydrogen) atoms. The van der Waals surface area contributed by atoms with E-state index < -0.39 is 0 Å². The van der Waals surface area contributed by atoms with Gasteiger partial charge in [-0.25, -0.2) is 0 Å². The van der Waals surface area contributed by atoms with Gasteiger partial charge in [0.1, 0.15) is 0 Å². The molecule has 1 rings (SSSR count). The van der Waals surface area contributed by atoms with E-state index in [9.17, 15) is 0 Å². The summed E-state index contributed by atoms with van der Waals surface area (Å²) in [5, 5.41) is 0. The highest BCUT2D eigenvalue weighted by atomic mass is 14.5. The molecule has 136 valence electrons. The fraction of sp³-hybridized carbons (Fsp3) is 0.913. The summed E-state index contributed by atoms with van der Waals surface area (Å²) in [5.74, 6) is 3.72. The van der Waals surface area contributed by atoms with Crippen molar-refractivity contribution in [1.29, 1.82) is 0 Å². The quantitative estimate of drug-likeness (QED) is 0.224. The second-order valence-corrected chi connectivity index (χ2v) is 8.61. The molecule has 1 aliphatic carbocycles. The maximum Gasteiger partial charge on any atom is -0.0118 e. The molecule has 1 aliphatic rings. The van der Waals surface area contributed by atoms with E-state index in [2.05, 4.69) is 47.3 Å². The SMILES string of the molecule is C=CC(C)(CCC(CC)C(C)CC)C1CC1CCCCCCC. The van der Waals surface area contributed by atoms with E-state index in [0.29, 0.717) is 5.41 Å². The summed E-state index contributed by atoms with van der Waals surface area (Å²) < 4.78 is 0. The van der Waals surface area contributed by atoms with E-state index in [1.165, 1.54) is 70.6 Å². The summed E-state index contributed by atoms with van der Waals surface area (Å²) in [6.07, 6.45) is 17.8. The normalized spacial score (nSPS) is 25.6. The zero-order valence-corrected chi connectivity index (χ0v) is 16.9. The zero-order valence-electron chi connectivity index (χ0n) is 16.9. The van der Waals surface area contributed by atoms with Crippen molar-refractivity contribution in [3.63, 3.8) is 0 Å². The van der Waals surface area contributed by atoms with Crippen LogP contribution in [0.5, 0.6) is 0 Å². The predicted octanol–water partition coefficient (Wildman–Crippen LogP) is 8.03. The van der Waals surface area contributed by atoms with Crippen LogP contribution in [-0.2, 0) is 0 Å². The topological polar surface area (TPSA) is 0 Å². The molecule has 0 N–H and O–H groups in total. The van der Waals surface area contributed by atoms with Crippen molar-refractivity contribution in [2.24, 2.45) is 29.1 Å². The van der Waals surface area contributed by atoms with Crippen LogP contribution in [0, 0.1) is 29.1 Å². The second-order valence-electron chi connectivity index (χ2n) is 8.61. The molecular formula is C23H44. The standard InChI is InChI=1S/C23H44/c1-7-11-12-13-14-15-21-18-22(21)23(6,10-4)17-16-20(9-3)19(5)8-2/h10,19-22H,4,7-9,11-18H2,1-3,5-6H3. The van der Waals surface area contributed by atoms with Crippen LogP contribution in [0.2, 0.25) is 0 Å². The van der Waals surface area contributed by atoms with Crippen molar-refractivity contribution in [3.05, 3.63) is 12.7 Å². The van der Waals surface area contributed by atoms with Gasteiger partial charge in [0.05, 0.1) is 0 Å². The molecule has 1 saturated carbocycles. The maximum atomic E-state index is 4.22. The van der Waals surface area contributed by atoms with Crippen molar-refractivity contribution < 1.29 is 0 Å². The molecule has 0 nitrogen and oxygen atoms in total. The third kappa shape index (κ3) is 6.63. The van der Waals surface area contributed by atoms with Gasteiger partial charge in [-0.3, -0.25) is 0 Å². The molecule has 0 aliphatic heterocycles. The average Bonchev–Trinajstić information content (AvgIpc) is 3.35. The van der Waals surface area contributed by atoms with E-state index in [-0.39, 0.29) is 0 Å². The van der Waals surface area contributed by atoms with E-state index in [1.807, 2.05) is 0 Å². The van der Waals surface area contributed by atoms with Crippen LogP contribution in [0.4, 0.5) is 0 Å². The monoisotopic (exact) mass is 320 g/mol. The minimum absolute atomic E-state index is 0.398. The Bertz CT molecular complexity index is 318. The summed E-state index contributed by atoms with van der Waals surface area (Å²) in [7, 11) is 0. The highest BCUT2D eigenvalue weighted by Crippen LogP contribution is 2.56. The molecule has 0 radical (unpaired) electrons. The van der Waals surface area contributed by atoms with Gasteiger partial charge in [-0.2, -0.15) is 0 Å². The summed E-state index contributed by atoms with van der Waals surface area (Å²) in [6, 6.07) is 0. The van der Waals surface area contributed by atoms with Crippen molar-refractivity contribution in [3.8, 4) is 0 Å². The number of unbranched alkanes of at least 4 members (excludes halogenated alkanes) is 4. The van der Waals surface area contributed by atoms with Crippen LogP contribution in [0.15, 0.2) is 12.7 Å². The van der Waals surface area contributed by atoms with E-state index in [0.717, 1.165) is 23.7 Å². The number of allylic oxidation sites excluding steroid dienone is 1. The molecule has 0 aromatic heterocycles. The van der Waals surface area contributed by atoms with Gasteiger partial charge in [0.15, 0.2) is 0 Å². The van der Waals surface area contributed by atoms with Gasteiger partial charge in [0.25, 0.3) is 0 Å². The summed E-state index contributed by atoms with van der Waals surface area (Å²) in [6.45, 7) is 16.2. The summed E-state index contributed by atoms with van der Waals surface area (Å²) in [5.41, 5.74) is 0.398. The lowest BCUT2D eigenvalue weighted by Crippen LogP contribution is -2.20. The van der Waals surface area contributed by atoms with Gasteiger partial charge in [0, 0.05) is 0 Å². The molecular weight excluding hydrogens is 276 g/mol. The molecule has 1 fully saturated rings. The van der Waals surface area contributed by atoms with Gasteiger partial charge in [-0.05, 0) is 48.3 Å². The van der Waals surface area contributed by atoms with Gasteiger partial charge < -0.3 is 0 Å². The van der Waals surface area contributed by atoms with Gasteiger partial charge in [-0.1, -0.05) is 92.1 Å². The number of hydrogen-bond donors (Lipinski definition) is 0. The Morgan fingerprint density at radius 3 is 2.35 bits per heavy atom. The van der Waals surface area contributed by atoms with Crippen LogP contribution >= 0.6 is 0 Å². The molecule has 0 amide bonds. The van der Waals surface area contributed by atoms with Gasteiger partial charge in [-0.15, -0.1) is 6.58 Å². The fourth-order valence-electron chi connectivity index (χ4n) is 4.54. The number of hydrogen-bond acceptors (Lipinski definition) is 0. The Morgan fingerprint density at radius 2 is 1.78 bits per heavy atom. The first-order valence-corrected chi connectivity index (χ1v) is 10.7. The smallest absolute Gasteiger partial charge is 0.0118 e.